The highest BCUT2D eigenvalue weighted by Gasteiger charge is 2.18. The summed E-state index contributed by atoms with van der Waals surface area (Å²) in [6.07, 6.45) is 0. The third-order valence-electron chi connectivity index (χ3n) is 2.23. The van der Waals surface area contributed by atoms with Gasteiger partial charge >= 0.3 is 0 Å². The zero-order chi connectivity index (χ0) is 13.2. The standard InChI is InChI=1S/C10H9N5OS3/c1-5(18-10-14-13-9(11)19-10)8-12-7(15-16-8)6-3-2-4-17-6/h2-5H,1H3,(H2,11,13). The Morgan fingerprint density at radius 2 is 2.32 bits per heavy atom. The maximum absolute atomic E-state index is 5.54. The smallest absolute Gasteiger partial charge is 0.240 e. The highest BCUT2D eigenvalue weighted by molar-refractivity contribution is 8.01. The Hall–Kier alpha value is -1.45. The lowest BCUT2D eigenvalue weighted by molar-refractivity contribution is 0.381. The molecule has 0 bridgehead atoms. The van der Waals surface area contributed by atoms with Crippen molar-refractivity contribution in [3.8, 4) is 10.7 Å². The number of hydrogen-bond donors (Lipinski definition) is 1. The fraction of sp³-hybridized carbons (Fsp3) is 0.200. The largest absolute Gasteiger partial charge is 0.374 e. The van der Waals surface area contributed by atoms with Gasteiger partial charge in [-0.25, -0.2) is 0 Å². The van der Waals surface area contributed by atoms with E-state index in [1.807, 2.05) is 24.4 Å². The van der Waals surface area contributed by atoms with Crippen molar-refractivity contribution >= 4 is 39.6 Å². The molecule has 0 saturated carbocycles. The second kappa shape index (κ2) is 5.27. The van der Waals surface area contributed by atoms with E-state index < -0.39 is 0 Å². The van der Waals surface area contributed by atoms with E-state index >= 15 is 0 Å². The second-order valence-electron chi connectivity index (χ2n) is 3.60. The predicted molar refractivity (Wildman–Crippen MR) is 76.2 cm³/mol. The van der Waals surface area contributed by atoms with Crippen molar-refractivity contribution in [3.63, 3.8) is 0 Å². The zero-order valence-corrected chi connectivity index (χ0v) is 12.3. The molecule has 0 amide bonds. The van der Waals surface area contributed by atoms with E-state index in [4.69, 9.17) is 10.3 Å². The van der Waals surface area contributed by atoms with Crippen LogP contribution in [0.4, 0.5) is 5.13 Å². The van der Waals surface area contributed by atoms with Crippen molar-refractivity contribution in [2.45, 2.75) is 16.5 Å². The van der Waals surface area contributed by atoms with Crippen molar-refractivity contribution in [2.24, 2.45) is 0 Å². The molecule has 0 fully saturated rings. The minimum absolute atomic E-state index is 0.00793. The number of thiophene rings is 1. The number of rotatable bonds is 4. The number of anilines is 1. The van der Waals surface area contributed by atoms with Crippen molar-refractivity contribution in [2.75, 3.05) is 5.73 Å². The van der Waals surface area contributed by atoms with E-state index in [9.17, 15) is 0 Å². The summed E-state index contributed by atoms with van der Waals surface area (Å²) in [7, 11) is 0. The van der Waals surface area contributed by atoms with Crippen LogP contribution in [0.2, 0.25) is 0 Å². The van der Waals surface area contributed by atoms with Crippen LogP contribution in [0.15, 0.2) is 26.4 Å². The van der Waals surface area contributed by atoms with Crippen LogP contribution in [0.3, 0.4) is 0 Å². The fourth-order valence-electron chi connectivity index (χ4n) is 1.38. The van der Waals surface area contributed by atoms with Crippen molar-refractivity contribution in [1.82, 2.24) is 20.3 Å². The van der Waals surface area contributed by atoms with Gasteiger partial charge in [-0.15, -0.1) is 21.5 Å². The quantitative estimate of drug-likeness (QED) is 0.740. The van der Waals surface area contributed by atoms with Gasteiger partial charge in [0, 0.05) is 0 Å². The molecule has 0 spiro atoms. The Kier molecular flexibility index (Phi) is 3.49. The number of nitrogen functional groups attached to an aromatic ring is 1. The van der Waals surface area contributed by atoms with Crippen molar-refractivity contribution in [3.05, 3.63) is 23.4 Å². The van der Waals surface area contributed by atoms with E-state index in [1.165, 1.54) is 23.1 Å². The molecule has 19 heavy (non-hydrogen) atoms. The van der Waals surface area contributed by atoms with Gasteiger partial charge in [0.25, 0.3) is 0 Å². The normalized spacial score (nSPS) is 12.7. The molecule has 1 unspecified atom stereocenters. The van der Waals surface area contributed by atoms with Crippen LogP contribution in [0.5, 0.6) is 0 Å². The molecule has 0 radical (unpaired) electrons. The molecule has 3 heterocycles. The highest BCUT2D eigenvalue weighted by Crippen LogP contribution is 2.36. The van der Waals surface area contributed by atoms with Crippen molar-refractivity contribution < 1.29 is 4.52 Å². The van der Waals surface area contributed by atoms with E-state index in [2.05, 4.69) is 20.3 Å². The first-order chi connectivity index (χ1) is 9.22. The molecule has 3 aromatic heterocycles. The molecule has 0 aliphatic carbocycles. The zero-order valence-electron chi connectivity index (χ0n) is 9.81. The number of hydrogen-bond acceptors (Lipinski definition) is 9. The SMILES string of the molecule is CC(Sc1nnc(N)s1)c1nc(-c2cccs2)no1. The second-order valence-corrected chi connectivity index (χ2v) is 7.14. The molecule has 3 aromatic rings. The van der Waals surface area contributed by atoms with Gasteiger partial charge in [0.05, 0.1) is 10.1 Å². The lowest BCUT2D eigenvalue weighted by Crippen LogP contribution is -1.88. The number of nitrogens with two attached hydrogens (primary N) is 1. The summed E-state index contributed by atoms with van der Waals surface area (Å²) < 4.78 is 6.07. The Morgan fingerprint density at radius 1 is 1.42 bits per heavy atom. The van der Waals surface area contributed by atoms with Crippen molar-refractivity contribution in [1.29, 1.82) is 0 Å². The van der Waals surface area contributed by atoms with E-state index in [0.717, 1.165) is 9.22 Å². The summed E-state index contributed by atoms with van der Waals surface area (Å²) >= 11 is 4.43. The van der Waals surface area contributed by atoms with Gasteiger partial charge in [-0.05, 0) is 18.4 Å². The minimum Gasteiger partial charge on any atom is -0.374 e. The monoisotopic (exact) mass is 311 g/mol. The summed E-state index contributed by atoms with van der Waals surface area (Å²) in [5.41, 5.74) is 5.54. The Bertz CT molecular complexity index is 662. The molecular formula is C10H9N5OS3. The molecule has 2 N–H and O–H groups in total. The van der Waals surface area contributed by atoms with Crippen LogP contribution in [-0.2, 0) is 0 Å². The third-order valence-corrected chi connectivity index (χ3v) is 5.02. The molecule has 0 aliphatic rings. The van der Waals surface area contributed by atoms with E-state index in [-0.39, 0.29) is 5.25 Å². The van der Waals surface area contributed by atoms with Crippen LogP contribution in [0.1, 0.15) is 18.1 Å². The van der Waals surface area contributed by atoms with Gasteiger partial charge < -0.3 is 10.3 Å². The molecule has 0 aromatic carbocycles. The van der Waals surface area contributed by atoms with Gasteiger partial charge in [0.1, 0.15) is 0 Å². The average Bonchev–Trinajstić information content (AvgIpc) is 3.08. The van der Waals surface area contributed by atoms with Crippen LogP contribution in [0, 0.1) is 0 Å². The number of thioether (sulfide) groups is 1. The number of aromatic nitrogens is 4. The molecule has 0 aliphatic heterocycles. The maximum Gasteiger partial charge on any atom is 0.240 e. The van der Waals surface area contributed by atoms with Crippen LogP contribution >= 0.6 is 34.4 Å². The maximum atomic E-state index is 5.54. The predicted octanol–water partition coefficient (Wildman–Crippen LogP) is 3.09. The average molecular weight is 311 g/mol. The third kappa shape index (κ3) is 2.77. The first kappa shape index (κ1) is 12.6. The molecule has 1 atom stereocenters. The topological polar surface area (TPSA) is 90.7 Å². The fourth-order valence-corrected chi connectivity index (χ4v) is 3.84. The Balaban J connectivity index is 1.75. The lowest BCUT2D eigenvalue weighted by Gasteiger charge is -2.00. The first-order valence-corrected chi connectivity index (χ1v) is 7.93. The Labute approximate surface area is 121 Å². The van der Waals surface area contributed by atoms with Gasteiger partial charge in [-0.3, -0.25) is 0 Å². The summed E-state index contributed by atoms with van der Waals surface area (Å²) in [4.78, 5) is 5.39. The van der Waals surface area contributed by atoms with Crippen LogP contribution < -0.4 is 5.73 Å². The molecule has 0 saturated heterocycles. The summed E-state index contributed by atoms with van der Waals surface area (Å²) in [6.45, 7) is 1.98. The molecule has 3 rings (SSSR count). The summed E-state index contributed by atoms with van der Waals surface area (Å²) in [5, 5.41) is 14.2. The van der Waals surface area contributed by atoms with Gasteiger partial charge in [0.2, 0.25) is 16.8 Å². The van der Waals surface area contributed by atoms with Crippen LogP contribution in [0.25, 0.3) is 10.7 Å². The minimum atomic E-state index is 0.00793. The summed E-state index contributed by atoms with van der Waals surface area (Å²) in [6, 6.07) is 3.92. The number of nitrogens with zero attached hydrogens (tertiary/aromatic N) is 4. The lowest BCUT2D eigenvalue weighted by atomic mass is 10.4. The summed E-state index contributed by atoms with van der Waals surface area (Å²) in [5.74, 6) is 1.19. The molecule has 9 heteroatoms. The van der Waals surface area contributed by atoms with E-state index in [0.29, 0.717) is 16.8 Å². The van der Waals surface area contributed by atoms with Gasteiger partial charge in [0.15, 0.2) is 4.34 Å². The van der Waals surface area contributed by atoms with Crippen LogP contribution in [-0.4, -0.2) is 20.3 Å². The van der Waals surface area contributed by atoms with Gasteiger partial charge in [-0.1, -0.05) is 34.3 Å². The first-order valence-electron chi connectivity index (χ1n) is 5.35. The molecular weight excluding hydrogens is 302 g/mol. The Morgan fingerprint density at radius 3 is 3.00 bits per heavy atom. The highest BCUT2D eigenvalue weighted by atomic mass is 32.2. The van der Waals surface area contributed by atoms with E-state index in [1.54, 1.807) is 11.3 Å². The molecule has 98 valence electrons. The molecule has 6 nitrogen and oxygen atoms in total. The van der Waals surface area contributed by atoms with Gasteiger partial charge in [-0.2, -0.15) is 4.98 Å².